The maximum atomic E-state index is 4.98. The average molecular weight is 440 g/mol. The molecule has 0 radical (unpaired) electrons. The maximum Gasteiger partial charge on any atom is 0.170 e. The number of hydrogen-bond donors (Lipinski definition) is 1. The second-order valence-corrected chi connectivity index (χ2v) is 7.72. The average Bonchev–Trinajstić information content (AvgIpc) is 2.80. The summed E-state index contributed by atoms with van der Waals surface area (Å²) < 4.78 is 1.07. The minimum Gasteiger partial charge on any atom is -0.324 e. The number of aliphatic imine (C=N–C) groups is 2. The molecule has 0 bridgehead atoms. The number of hydrogen-bond acceptors (Lipinski definition) is 3. The number of halogens is 1. The zero-order valence-electron chi connectivity index (χ0n) is 15.6. The Balaban J connectivity index is 1.69. The highest BCUT2D eigenvalue weighted by Gasteiger charge is 2.22. The van der Waals surface area contributed by atoms with E-state index in [-0.39, 0.29) is 6.17 Å². The van der Waals surface area contributed by atoms with Gasteiger partial charge in [-0.2, -0.15) is 0 Å². The van der Waals surface area contributed by atoms with E-state index in [4.69, 9.17) is 9.98 Å². The molecule has 4 aromatic rings. The van der Waals surface area contributed by atoms with Crippen LogP contribution in [-0.2, 0) is 0 Å². The molecule has 0 aliphatic carbocycles. The zero-order chi connectivity index (χ0) is 19.6. The van der Waals surface area contributed by atoms with Crippen LogP contribution in [0.25, 0.3) is 10.8 Å². The molecule has 0 spiro atoms. The van der Waals surface area contributed by atoms with E-state index in [0.717, 1.165) is 43.6 Å². The number of fused-ring (bicyclic) bond motifs is 1. The highest BCUT2D eigenvalue weighted by atomic mass is 79.9. The Labute approximate surface area is 178 Å². The molecule has 1 N–H and O–H groups in total. The lowest BCUT2D eigenvalue weighted by molar-refractivity contribution is 0.762. The van der Waals surface area contributed by atoms with Gasteiger partial charge in [-0.3, -0.25) is 0 Å². The van der Waals surface area contributed by atoms with Gasteiger partial charge >= 0.3 is 0 Å². The van der Waals surface area contributed by atoms with E-state index in [2.05, 4.69) is 81.9 Å². The molecule has 1 heterocycles. The molecule has 4 heteroatoms. The fraction of sp³-hybridized carbons (Fsp3) is 0.0400. The number of amidine groups is 2. The van der Waals surface area contributed by atoms with Crippen molar-refractivity contribution >= 4 is 38.4 Å². The van der Waals surface area contributed by atoms with Crippen molar-refractivity contribution < 1.29 is 0 Å². The van der Waals surface area contributed by atoms with Crippen molar-refractivity contribution in [2.75, 3.05) is 0 Å². The number of rotatable bonds is 3. The summed E-state index contributed by atoms with van der Waals surface area (Å²) in [6.45, 7) is 0. The van der Waals surface area contributed by atoms with Crippen LogP contribution in [0.3, 0.4) is 0 Å². The number of nitrogens with zero attached hydrogens (tertiary/aromatic N) is 2. The molecule has 1 aliphatic heterocycles. The fourth-order valence-electron chi connectivity index (χ4n) is 3.59. The van der Waals surface area contributed by atoms with Crippen LogP contribution >= 0.6 is 15.9 Å². The summed E-state index contributed by atoms with van der Waals surface area (Å²) in [5.41, 5.74) is 3.18. The second-order valence-electron chi connectivity index (χ2n) is 6.87. The molecule has 0 atom stereocenters. The Bertz CT molecular complexity index is 1180. The summed E-state index contributed by atoms with van der Waals surface area (Å²) in [7, 11) is 0. The van der Waals surface area contributed by atoms with E-state index in [0.29, 0.717) is 0 Å². The van der Waals surface area contributed by atoms with Crippen molar-refractivity contribution in [1.29, 1.82) is 0 Å². The summed E-state index contributed by atoms with van der Waals surface area (Å²) >= 11 is 3.67. The van der Waals surface area contributed by atoms with Crippen LogP contribution in [-0.4, -0.2) is 11.7 Å². The van der Waals surface area contributed by atoms with Crippen molar-refractivity contribution in [2.24, 2.45) is 9.98 Å². The number of benzene rings is 4. The Morgan fingerprint density at radius 3 is 1.69 bits per heavy atom. The van der Waals surface area contributed by atoms with Gasteiger partial charge in [0, 0.05) is 21.2 Å². The van der Waals surface area contributed by atoms with Crippen LogP contribution in [0.1, 0.15) is 22.9 Å². The Hall–Kier alpha value is -3.24. The Morgan fingerprint density at radius 1 is 0.586 bits per heavy atom. The third-order valence-electron chi connectivity index (χ3n) is 5.02. The molecule has 0 fully saturated rings. The molecule has 0 saturated carbocycles. The minimum absolute atomic E-state index is 0.320. The van der Waals surface area contributed by atoms with Crippen LogP contribution in [0.15, 0.2) is 112 Å². The van der Waals surface area contributed by atoms with Crippen molar-refractivity contribution in [2.45, 2.75) is 6.17 Å². The highest BCUT2D eigenvalue weighted by Crippen LogP contribution is 2.33. The van der Waals surface area contributed by atoms with Crippen LogP contribution < -0.4 is 5.32 Å². The molecule has 0 amide bonds. The molecular weight excluding hydrogens is 422 g/mol. The van der Waals surface area contributed by atoms with Crippen molar-refractivity contribution in [1.82, 2.24) is 5.32 Å². The highest BCUT2D eigenvalue weighted by molar-refractivity contribution is 9.10. The van der Waals surface area contributed by atoms with E-state index in [1.807, 2.05) is 36.4 Å². The molecular formula is C25H18BrN3. The standard InChI is InChI=1S/C25H18BrN3/c26-22-16-15-21(19-13-7-8-14-20(19)22)25-28-23(17-9-3-1-4-10-17)27-24(29-25)18-11-5-2-6-12-18/h1-16,25H,(H,27,28,29). The third kappa shape index (κ3) is 3.47. The van der Waals surface area contributed by atoms with E-state index in [1.54, 1.807) is 0 Å². The topological polar surface area (TPSA) is 36.8 Å². The molecule has 4 aromatic carbocycles. The van der Waals surface area contributed by atoms with E-state index < -0.39 is 0 Å². The van der Waals surface area contributed by atoms with Gasteiger partial charge in [0.15, 0.2) is 6.17 Å². The second kappa shape index (κ2) is 7.64. The largest absolute Gasteiger partial charge is 0.324 e. The first kappa shape index (κ1) is 17.8. The van der Waals surface area contributed by atoms with Crippen LogP contribution in [0.4, 0.5) is 0 Å². The summed E-state index contributed by atoms with van der Waals surface area (Å²) in [5.74, 6) is 1.66. The first-order valence-corrected chi connectivity index (χ1v) is 10.3. The van der Waals surface area contributed by atoms with Gasteiger partial charge in [-0.1, -0.05) is 107 Å². The molecule has 140 valence electrons. The molecule has 5 rings (SSSR count). The summed E-state index contributed by atoms with van der Waals surface area (Å²) in [4.78, 5) is 9.96. The van der Waals surface area contributed by atoms with Gasteiger partial charge in [0.05, 0.1) is 0 Å². The van der Waals surface area contributed by atoms with Crippen molar-refractivity contribution in [3.63, 3.8) is 0 Å². The molecule has 0 aromatic heterocycles. The van der Waals surface area contributed by atoms with Gasteiger partial charge in [-0.25, -0.2) is 9.98 Å². The van der Waals surface area contributed by atoms with E-state index in [1.165, 1.54) is 0 Å². The zero-order valence-corrected chi connectivity index (χ0v) is 17.2. The SMILES string of the molecule is Brc1ccc(C2N=C(c3ccccc3)NC(c3ccccc3)=N2)c2ccccc12. The van der Waals surface area contributed by atoms with Crippen LogP contribution in [0.2, 0.25) is 0 Å². The maximum absolute atomic E-state index is 4.98. The van der Waals surface area contributed by atoms with Gasteiger partial charge in [0.2, 0.25) is 0 Å². The van der Waals surface area contributed by atoms with Gasteiger partial charge in [0.25, 0.3) is 0 Å². The minimum atomic E-state index is -0.320. The Kier molecular flexibility index (Phi) is 4.70. The lowest BCUT2D eigenvalue weighted by Crippen LogP contribution is -2.36. The lowest BCUT2D eigenvalue weighted by atomic mass is 10.0. The van der Waals surface area contributed by atoms with Crippen molar-refractivity contribution in [3.05, 3.63) is 118 Å². The third-order valence-corrected chi connectivity index (χ3v) is 5.71. The predicted octanol–water partition coefficient (Wildman–Crippen LogP) is 6.10. The molecule has 29 heavy (non-hydrogen) atoms. The predicted molar refractivity (Wildman–Crippen MR) is 123 cm³/mol. The van der Waals surface area contributed by atoms with Gasteiger partial charge in [0.1, 0.15) is 11.7 Å². The monoisotopic (exact) mass is 439 g/mol. The van der Waals surface area contributed by atoms with Crippen molar-refractivity contribution in [3.8, 4) is 0 Å². The van der Waals surface area contributed by atoms with Gasteiger partial charge < -0.3 is 5.32 Å². The van der Waals surface area contributed by atoms with Gasteiger partial charge in [-0.15, -0.1) is 0 Å². The quantitative estimate of drug-likeness (QED) is 0.411. The first-order valence-electron chi connectivity index (χ1n) is 9.50. The van der Waals surface area contributed by atoms with Crippen LogP contribution in [0.5, 0.6) is 0 Å². The molecule has 0 saturated heterocycles. The Morgan fingerprint density at radius 2 is 1.10 bits per heavy atom. The van der Waals surface area contributed by atoms with E-state index >= 15 is 0 Å². The smallest absolute Gasteiger partial charge is 0.170 e. The summed E-state index contributed by atoms with van der Waals surface area (Å²) in [6.07, 6.45) is -0.320. The lowest BCUT2D eigenvalue weighted by Gasteiger charge is -2.23. The van der Waals surface area contributed by atoms with Crippen LogP contribution in [0, 0.1) is 0 Å². The normalized spacial score (nSPS) is 14.2. The molecule has 0 unspecified atom stereocenters. The van der Waals surface area contributed by atoms with E-state index in [9.17, 15) is 0 Å². The summed E-state index contributed by atoms with van der Waals surface area (Å²) in [5, 5.41) is 5.75. The molecule has 3 nitrogen and oxygen atoms in total. The first-order chi connectivity index (χ1) is 14.3. The molecule has 1 aliphatic rings. The fourth-order valence-corrected chi connectivity index (χ4v) is 4.06. The van der Waals surface area contributed by atoms with Gasteiger partial charge in [-0.05, 0) is 16.8 Å². The summed E-state index contributed by atoms with van der Waals surface area (Å²) in [6, 6.07) is 32.9. The number of nitrogens with one attached hydrogen (secondary N) is 1.